The van der Waals surface area contributed by atoms with E-state index < -0.39 is 0 Å². The molecular weight excluding hydrogens is 220 g/mol. The highest BCUT2D eigenvalue weighted by molar-refractivity contribution is 5.69. The average Bonchev–Trinajstić information content (AvgIpc) is 2.32. The van der Waals surface area contributed by atoms with E-state index in [2.05, 4.69) is 4.90 Å². The molecule has 0 spiro atoms. The van der Waals surface area contributed by atoms with E-state index >= 15 is 0 Å². The molecule has 0 aliphatic rings. The van der Waals surface area contributed by atoms with Crippen LogP contribution in [0, 0.1) is 0 Å². The van der Waals surface area contributed by atoms with Crippen LogP contribution in [0.25, 0.3) is 0 Å². The minimum Gasteiger partial charge on any atom is -0.466 e. The van der Waals surface area contributed by atoms with Crippen molar-refractivity contribution in [3.05, 3.63) is 0 Å². The second-order valence-electron chi connectivity index (χ2n) is 3.96. The summed E-state index contributed by atoms with van der Waals surface area (Å²) in [5.74, 6) is -0.139. The molecule has 102 valence electrons. The predicted molar refractivity (Wildman–Crippen MR) is 67.8 cm³/mol. The summed E-state index contributed by atoms with van der Waals surface area (Å²) in [6.45, 7) is 7.04. The number of hydrogen-bond acceptors (Lipinski definition) is 5. The molecule has 0 aromatic carbocycles. The van der Waals surface area contributed by atoms with Crippen LogP contribution in [0.4, 0.5) is 0 Å². The lowest BCUT2D eigenvalue weighted by atomic mass is 10.2. The third-order valence-corrected chi connectivity index (χ3v) is 2.50. The van der Waals surface area contributed by atoms with Crippen LogP contribution < -0.4 is 5.73 Å². The standard InChI is InChI=1S/C12H26N2O3/c1-4-16-11(10-13)6-8-14(3)9-7-12(15)17-5-2/h11H,4-10,13H2,1-3H3. The molecule has 0 radical (unpaired) electrons. The van der Waals surface area contributed by atoms with E-state index in [1.807, 2.05) is 20.9 Å². The van der Waals surface area contributed by atoms with Gasteiger partial charge in [-0.15, -0.1) is 0 Å². The Kier molecular flexibility index (Phi) is 10.1. The molecule has 0 fully saturated rings. The minimum absolute atomic E-state index is 0.116. The van der Waals surface area contributed by atoms with Crippen molar-refractivity contribution in [1.29, 1.82) is 0 Å². The lowest BCUT2D eigenvalue weighted by molar-refractivity contribution is -0.143. The third kappa shape index (κ3) is 9.09. The first-order valence-electron chi connectivity index (χ1n) is 6.29. The summed E-state index contributed by atoms with van der Waals surface area (Å²) < 4.78 is 10.3. The second kappa shape index (κ2) is 10.5. The highest BCUT2D eigenvalue weighted by Crippen LogP contribution is 2.00. The predicted octanol–water partition coefficient (Wildman–Crippen LogP) is 0.625. The van der Waals surface area contributed by atoms with Gasteiger partial charge in [-0.3, -0.25) is 4.79 Å². The van der Waals surface area contributed by atoms with Crippen LogP contribution in [-0.4, -0.2) is 56.9 Å². The summed E-state index contributed by atoms with van der Waals surface area (Å²) in [6.07, 6.45) is 1.45. The van der Waals surface area contributed by atoms with Gasteiger partial charge in [0.15, 0.2) is 0 Å². The molecule has 5 nitrogen and oxygen atoms in total. The molecule has 1 unspecified atom stereocenters. The van der Waals surface area contributed by atoms with E-state index in [1.54, 1.807) is 0 Å². The van der Waals surface area contributed by atoms with Gasteiger partial charge >= 0.3 is 5.97 Å². The van der Waals surface area contributed by atoms with Gasteiger partial charge in [0, 0.05) is 26.2 Å². The molecule has 0 aliphatic carbocycles. The smallest absolute Gasteiger partial charge is 0.307 e. The Morgan fingerprint density at radius 3 is 2.53 bits per heavy atom. The van der Waals surface area contributed by atoms with E-state index in [0.717, 1.165) is 13.0 Å². The Morgan fingerprint density at radius 1 is 1.29 bits per heavy atom. The zero-order chi connectivity index (χ0) is 13.1. The van der Waals surface area contributed by atoms with Crippen molar-refractivity contribution in [2.45, 2.75) is 32.8 Å². The molecule has 0 bridgehead atoms. The number of carbonyl (C=O) groups is 1. The Bertz CT molecular complexity index is 200. The Morgan fingerprint density at radius 2 is 2.00 bits per heavy atom. The monoisotopic (exact) mass is 246 g/mol. The van der Waals surface area contributed by atoms with E-state index in [0.29, 0.717) is 32.7 Å². The van der Waals surface area contributed by atoms with E-state index in [1.165, 1.54) is 0 Å². The van der Waals surface area contributed by atoms with Crippen LogP contribution in [-0.2, 0) is 14.3 Å². The molecule has 17 heavy (non-hydrogen) atoms. The van der Waals surface area contributed by atoms with Gasteiger partial charge in [-0.1, -0.05) is 0 Å². The van der Waals surface area contributed by atoms with Gasteiger partial charge in [0.2, 0.25) is 0 Å². The maximum atomic E-state index is 11.2. The topological polar surface area (TPSA) is 64.8 Å². The lowest BCUT2D eigenvalue weighted by Crippen LogP contribution is -2.31. The van der Waals surface area contributed by atoms with Crippen LogP contribution in [0.15, 0.2) is 0 Å². The highest BCUT2D eigenvalue weighted by atomic mass is 16.5. The van der Waals surface area contributed by atoms with Crippen LogP contribution in [0.2, 0.25) is 0 Å². The van der Waals surface area contributed by atoms with Crippen molar-refractivity contribution in [2.24, 2.45) is 5.73 Å². The van der Waals surface area contributed by atoms with Crippen molar-refractivity contribution >= 4 is 5.97 Å². The van der Waals surface area contributed by atoms with Gasteiger partial charge in [-0.25, -0.2) is 0 Å². The number of nitrogens with zero attached hydrogens (tertiary/aromatic N) is 1. The Hall–Kier alpha value is -0.650. The maximum absolute atomic E-state index is 11.2. The molecular formula is C12H26N2O3. The Labute approximate surface area is 104 Å². The summed E-state index contributed by atoms with van der Waals surface area (Å²) >= 11 is 0. The largest absolute Gasteiger partial charge is 0.466 e. The SMILES string of the molecule is CCOC(=O)CCN(C)CCC(CN)OCC. The molecule has 0 heterocycles. The molecule has 0 saturated carbocycles. The van der Waals surface area contributed by atoms with Gasteiger partial charge in [0.1, 0.15) is 0 Å². The van der Waals surface area contributed by atoms with Gasteiger partial charge in [-0.05, 0) is 27.3 Å². The van der Waals surface area contributed by atoms with E-state index in [9.17, 15) is 4.79 Å². The average molecular weight is 246 g/mol. The second-order valence-corrected chi connectivity index (χ2v) is 3.96. The fraction of sp³-hybridized carbons (Fsp3) is 0.917. The summed E-state index contributed by atoms with van der Waals surface area (Å²) in [5, 5.41) is 0. The van der Waals surface area contributed by atoms with Crippen molar-refractivity contribution in [2.75, 3.05) is 39.9 Å². The molecule has 1 atom stereocenters. The van der Waals surface area contributed by atoms with Crippen LogP contribution in [0.3, 0.4) is 0 Å². The van der Waals surface area contributed by atoms with Gasteiger partial charge in [-0.2, -0.15) is 0 Å². The van der Waals surface area contributed by atoms with Gasteiger partial charge < -0.3 is 20.1 Å². The summed E-state index contributed by atoms with van der Waals surface area (Å²) in [7, 11) is 1.98. The van der Waals surface area contributed by atoms with Gasteiger partial charge in [0.05, 0.1) is 19.1 Å². The third-order valence-electron chi connectivity index (χ3n) is 2.50. The van der Waals surface area contributed by atoms with Crippen molar-refractivity contribution < 1.29 is 14.3 Å². The number of carbonyl (C=O) groups excluding carboxylic acids is 1. The van der Waals surface area contributed by atoms with Crippen molar-refractivity contribution in [1.82, 2.24) is 4.90 Å². The summed E-state index contributed by atoms with van der Waals surface area (Å²) in [6, 6.07) is 0. The quantitative estimate of drug-likeness (QED) is 0.573. The first-order valence-corrected chi connectivity index (χ1v) is 6.29. The minimum atomic E-state index is -0.139. The first-order chi connectivity index (χ1) is 8.13. The zero-order valence-electron chi connectivity index (χ0n) is 11.3. The molecule has 0 saturated heterocycles. The fourth-order valence-corrected chi connectivity index (χ4v) is 1.50. The number of esters is 1. The molecule has 0 aromatic heterocycles. The molecule has 0 aliphatic heterocycles. The molecule has 5 heteroatoms. The number of hydrogen-bond donors (Lipinski definition) is 1. The van der Waals surface area contributed by atoms with Crippen LogP contribution in [0.5, 0.6) is 0 Å². The maximum Gasteiger partial charge on any atom is 0.307 e. The fourth-order valence-electron chi connectivity index (χ4n) is 1.50. The van der Waals surface area contributed by atoms with Crippen LogP contribution in [0.1, 0.15) is 26.7 Å². The lowest BCUT2D eigenvalue weighted by Gasteiger charge is -2.20. The Balaban J connectivity index is 3.63. The molecule has 2 N–H and O–H groups in total. The van der Waals surface area contributed by atoms with E-state index in [-0.39, 0.29) is 12.1 Å². The molecule has 0 rings (SSSR count). The van der Waals surface area contributed by atoms with Crippen LogP contribution >= 0.6 is 0 Å². The number of ether oxygens (including phenoxy) is 2. The van der Waals surface area contributed by atoms with Gasteiger partial charge in [0.25, 0.3) is 0 Å². The number of rotatable bonds is 10. The molecule has 0 amide bonds. The van der Waals surface area contributed by atoms with Crippen molar-refractivity contribution in [3.8, 4) is 0 Å². The number of nitrogens with two attached hydrogens (primary N) is 1. The molecule has 0 aromatic rings. The zero-order valence-corrected chi connectivity index (χ0v) is 11.3. The summed E-state index contributed by atoms with van der Waals surface area (Å²) in [4.78, 5) is 13.2. The first kappa shape index (κ1) is 16.4. The highest BCUT2D eigenvalue weighted by Gasteiger charge is 2.09. The normalized spacial score (nSPS) is 12.8. The van der Waals surface area contributed by atoms with E-state index in [4.69, 9.17) is 15.2 Å². The summed E-state index contributed by atoms with van der Waals surface area (Å²) in [5.41, 5.74) is 5.59. The van der Waals surface area contributed by atoms with Crippen molar-refractivity contribution in [3.63, 3.8) is 0 Å².